The van der Waals surface area contributed by atoms with E-state index in [1.165, 1.54) is 0 Å². The number of amides is 1. The molecule has 25 heavy (non-hydrogen) atoms. The monoisotopic (exact) mass is 359 g/mol. The fraction of sp³-hybridized carbons (Fsp3) is 0.500. The predicted octanol–water partition coefficient (Wildman–Crippen LogP) is 2.44. The van der Waals surface area contributed by atoms with E-state index in [-0.39, 0.29) is 17.6 Å². The van der Waals surface area contributed by atoms with Gasteiger partial charge >= 0.3 is 0 Å². The Labute approximate surface area is 150 Å². The summed E-state index contributed by atoms with van der Waals surface area (Å²) in [6, 6.07) is 5.39. The van der Waals surface area contributed by atoms with E-state index in [1.807, 2.05) is 24.4 Å². The van der Waals surface area contributed by atoms with Crippen molar-refractivity contribution in [3.8, 4) is 0 Å². The first-order valence-electron chi connectivity index (χ1n) is 8.50. The highest BCUT2D eigenvalue weighted by Crippen LogP contribution is 2.36. The van der Waals surface area contributed by atoms with E-state index in [4.69, 9.17) is 9.47 Å². The molecule has 132 valence electrons. The third kappa shape index (κ3) is 3.58. The largest absolute Gasteiger partial charge is 0.372 e. The van der Waals surface area contributed by atoms with Crippen molar-refractivity contribution in [3.63, 3.8) is 0 Å². The van der Waals surface area contributed by atoms with Crippen LogP contribution in [0.1, 0.15) is 34.0 Å². The summed E-state index contributed by atoms with van der Waals surface area (Å²) in [5.41, 5.74) is 1.22. The third-order valence-electron chi connectivity index (χ3n) is 4.71. The zero-order valence-electron chi connectivity index (χ0n) is 14.2. The van der Waals surface area contributed by atoms with E-state index in [0.29, 0.717) is 32.0 Å². The minimum Gasteiger partial charge on any atom is -0.372 e. The number of carbonyl (C=O) groups excluding carboxylic acids is 1. The highest BCUT2D eigenvalue weighted by atomic mass is 32.1. The second-order valence-electron chi connectivity index (χ2n) is 6.69. The molecular weight excluding hydrogens is 338 g/mol. The van der Waals surface area contributed by atoms with Gasteiger partial charge in [0.1, 0.15) is 11.3 Å². The lowest BCUT2D eigenvalue weighted by atomic mass is 9.84. The Kier molecular flexibility index (Phi) is 4.54. The summed E-state index contributed by atoms with van der Waals surface area (Å²) in [7, 11) is 0. The van der Waals surface area contributed by atoms with E-state index >= 15 is 0 Å². The van der Waals surface area contributed by atoms with Crippen LogP contribution < -0.4 is 0 Å². The molecule has 2 fully saturated rings. The molecule has 2 saturated heterocycles. The van der Waals surface area contributed by atoms with Crippen LogP contribution in [0.25, 0.3) is 0 Å². The number of likely N-dealkylation sites (tertiary alicyclic amines) is 1. The van der Waals surface area contributed by atoms with Crippen LogP contribution in [0, 0.1) is 6.92 Å². The van der Waals surface area contributed by atoms with E-state index < -0.39 is 0 Å². The number of rotatable bonds is 4. The number of thiazole rings is 1. The number of pyridine rings is 1. The number of hydrogen-bond acceptors (Lipinski definition) is 6. The molecule has 2 aromatic heterocycles. The molecule has 1 amide bonds. The van der Waals surface area contributed by atoms with Crippen molar-refractivity contribution >= 4 is 17.2 Å². The lowest BCUT2D eigenvalue weighted by Crippen LogP contribution is -2.67. The number of hydrogen-bond donors (Lipinski definition) is 0. The van der Waals surface area contributed by atoms with Crippen molar-refractivity contribution in [1.29, 1.82) is 0 Å². The number of nitrogens with zero attached hydrogens (tertiary/aromatic N) is 3. The van der Waals surface area contributed by atoms with Gasteiger partial charge in [0.05, 0.1) is 36.5 Å². The first-order valence-corrected chi connectivity index (χ1v) is 9.38. The predicted molar refractivity (Wildman–Crippen MR) is 93.5 cm³/mol. The summed E-state index contributed by atoms with van der Waals surface area (Å²) in [5, 5.41) is 3.10. The summed E-state index contributed by atoms with van der Waals surface area (Å²) >= 11 is 1.64. The Morgan fingerprint density at radius 3 is 3.08 bits per heavy atom. The quantitative estimate of drug-likeness (QED) is 0.839. The van der Waals surface area contributed by atoms with Gasteiger partial charge in [-0.05, 0) is 25.5 Å². The molecule has 2 aromatic rings. The molecule has 0 aromatic carbocycles. The second-order valence-corrected chi connectivity index (χ2v) is 7.75. The summed E-state index contributed by atoms with van der Waals surface area (Å²) in [5.74, 6) is -0.0317. The van der Waals surface area contributed by atoms with Gasteiger partial charge in [-0.15, -0.1) is 11.3 Å². The Balaban J connectivity index is 1.31. The fourth-order valence-electron chi connectivity index (χ4n) is 3.47. The molecule has 1 spiro atoms. The third-order valence-corrected chi connectivity index (χ3v) is 5.53. The van der Waals surface area contributed by atoms with Crippen molar-refractivity contribution in [2.45, 2.75) is 38.1 Å². The fourth-order valence-corrected chi connectivity index (χ4v) is 4.06. The van der Waals surface area contributed by atoms with E-state index in [9.17, 15) is 4.79 Å². The van der Waals surface area contributed by atoms with Crippen molar-refractivity contribution in [1.82, 2.24) is 14.9 Å². The molecule has 2 aliphatic heterocycles. The standard InChI is InChI=1S/C18H21N3O3S/c1-13-20-14(10-25-13)9-23-15-5-7-24-18(8-15)11-21(12-18)17(22)16-4-2-3-6-19-16/h2-4,6,10,15H,5,7-9,11-12H2,1H3/t15-/m0/s1. The number of aryl methyl sites for hydroxylation is 1. The molecule has 2 aliphatic rings. The number of aromatic nitrogens is 2. The van der Waals surface area contributed by atoms with Crippen LogP contribution in [0.2, 0.25) is 0 Å². The lowest BCUT2D eigenvalue weighted by molar-refractivity contribution is -0.188. The van der Waals surface area contributed by atoms with Crippen molar-refractivity contribution < 1.29 is 14.3 Å². The highest BCUT2D eigenvalue weighted by molar-refractivity contribution is 7.09. The van der Waals surface area contributed by atoms with Crippen LogP contribution in [0.3, 0.4) is 0 Å². The number of ether oxygens (including phenoxy) is 2. The van der Waals surface area contributed by atoms with Crippen LogP contribution in [-0.4, -0.2) is 52.2 Å². The maximum absolute atomic E-state index is 12.4. The van der Waals surface area contributed by atoms with Gasteiger partial charge in [0.15, 0.2) is 0 Å². The van der Waals surface area contributed by atoms with Gasteiger partial charge < -0.3 is 14.4 Å². The molecule has 0 radical (unpaired) electrons. The van der Waals surface area contributed by atoms with Gasteiger partial charge in [0.2, 0.25) is 0 Å². The van der Waals surface area contributed by atoms with Gasteiger partial charge in [-0.1, -0.05) is 6.07 Å². The van der Waals surface area contributed by atoms with Crippen LogP contribution in [0.5, 0.6) is 0 Å². The van der Waals surface area contributed by atoms with Crippen LogP contribution in [-0.2, 0) is 16.1 Å². The van der Waals surface area contributed by atoms with E-state index in [2.05, 4.69) is 9.97 Å². The first-order chi connectivity index (χ1) is 12.1. The van der Waals surface area contributed by atoms with Crippen LogP contribution >= 0.6 is 11.3 Å². The van der Waals surface area contributed by atoms with E-state index in [1.54, 1.807) is 28.5 Å². The topological polar surface area (TPSA) is 64.6 Å². The Hall–Kier alpha value is -1.83. The summed E-state index contributed by atoms with van der Waals surface area (Å²) < 4.78 is 12.0. The molecule has 4 rings (SSSR count). The molecule has 7 heteroatoms. The molecule has 0 unspecified atom stereocenters. The zero-order chi connectivity index (χ0) is 17.3. The molecule has 0 bridgehead atoms. The molecule has 0 aliphatic carbocycles. The SMILES string of the molecule is Cc1nc(CO[C@H]2CCOC3(C2)CN(C(=O)c2ccccn2)C3)cs1. The van der Waals surface area contributed by atoms with Crippen LogP contribution in [0.4, 0.5) is 0 Å². The summed E-state index contributed by atoms with van der Waals surface area (Å²) in [6.45, 7) is 4.43. The second kappa shape index (κ2) is 6.82. The van der Waals surface area contributed by atoms with Crippen LogP contribution in [0.15, 0.2) is 29.8 Å². The zero-order valence-corrected chi connectivity index (χ0v) is 15.0. The van der Waals surface area contributed by atoms with Gasteiger partial charge in [-0.2, -0.15) is 0 Å². The maximum Gasteiger partial charge on any atom is 0.272 e. The highest BCUT2D eigenvalue weighted by Gasteiger charge is 2.49. The lowest BCUT2D eigenvalue weighted by Gasteiger charge is -2.52. The Morgan fingerprint density at radius 2 is 2.36 bits per heavy atom. The van der Waals surface area contributed by atoms with Gasteiger partial charge in [-0.3, -0.25) is 9.78 Å². The van der Waals surface area contributed by atoms with Crippen molar-refractivity contribution in [2.75, 3.05) is 19.7 Å². The Morgan fingerprint density at radius 1 is 1.48 bits per heavy atom. The normalized spacial score (nSPS) is 22.0. The van der Waals surface area contributed by atoms with Gasteiger partial charge in [0, 0.05) is 24.6 Å². The smallest absolute Gasteiger partial charge is 0.272 e. The summed E-state index contributed by atoms with van der Waals surface area (Å²) in [4.78, 5) is 22.8. The molecule has 1 atom stereocenters. The van der Waals surface area contributed by atoms with Crippen molar-refractivity contribution in [2.24, 2.45) is 0 Å². The molecular formula is C18H21N3O3S. The average molecular weight is 359 g/mol. The molecule has 0 saturated carbocycles. The minimum absolute atomic E-state index is 0.0317. The molecule has 6 nitrogen and oxygen atoms in total. The summed E-state index contributed by atoms with van der Waals surface area (Å²) in [6.07, 6.45) is 3.51. The number of carbonyl (C=O) groups is 1. The molecule has 4 heterocycles. The molecule has 0 N–H and O–H groups in total. The average Bonchev–Trinajstić information content (AvgIpc) is 3.03. The first kappa shape index (κ1) is 16.6. The maximum atomic E-state index is 12.4. The van der Waals surface area contributed by atoms with Gasteiger partial charge in [0.25, 0.3) is 5.91 Å². The van der Waals surface area contributed by atoms with Crippen molar-refractivity contribution in [3.05, 3.63) is 46.2 Å². The van der Waals surface area contributed by atoms with Gasteiger partial charge in [-0.25, -0.2) is 4.98 Å². The van der Waals surface area contributed by atoms with E-state index in [0.717, 1.165) is 23.5 Å². The Bertz CT molecular complexity index is 743. The minimum atomic E-state index is -0.259.